The molecule has 4 N–H and O–H groups in total. The van der Waals surface area contributed by atoms with Crippen LogP contribution in [-0.4, -0.2) is 10.2 Å². The molecule has 0 radical (unpaired) electrons. The van der Waals surface area contributed by atoms with Gasteiger partial charge in [-0.05, 0) is 68.1 Å². The molecule has 0 aliphatic carbocycles. The second-order valence-electron chi connectivity index (χ2n) is 4.94. The van der Waals surface area contributed by atoms with Crippen LogP contribution in [0.1, 0.15) is 11.1 Å². The van der Waals surface area contributed by atoms with E-state index in [2.05, 4.69) is 21.5 Å². The van der Waals surface area contributed by atoms with E-state index in [4.69, 9.17) is 36.0 Å². The summed E-state index contributed by atoms with van der Waals surface area (Å²) in [5.41, 5.74) is 9.53. The van der Waals surface area contributed by atoms with Crippen molar-refractivity contribution >= 4 is 57.6 Å². The van der Waals surface area contributed by atoms with Gasteiger partial charge < -0.3 is 10.6 Å². The molecule has 0 aromatic heterocycles. The summed E-state index contributed by atoms with van der Waals surface area (Å²) in [5.74, 6) is 0. The molecule has 2 rings (SSSR count). The summed E-state index contributed by atoms with van der Waals surface area (Å²) >= 11 is 16.5. The molecule has 0 unspecified atom stereocenters. The molecule has 0 bridgehead atoms. The second kappa shape index (κ2) is 8.10. The number of nitrogens with one attached hydrogen (secondary N) is 4. The molecule has 0 aliphatic heterocycles. The van der Waals surface area contributed by atoms with Crippen LogP contribution >= 0.6 is 36.0 Å². The summed E-state index contributed by atoms with van der Waals surface area (Å²) in [6.07, 6.45) is 0. The minimum absolute atomic E-state index is 0.392. The van der Waals surface area contributed by atoms with Crippen molar-refractivity contribution in [1.82, 2.24) is 10.9 Å². The second-order valence-corrected chi connectivity index (χ2v) is 6.16. The number of halogens is 1. The molecule has 0 saturated carbocycles. The number of benzene rings is 2. The van der Waals surface area contributed by atoms with Crippen LogP contribution < -0.4 is 21.5 Å². The van der Waals surface area contributed by atoms with E-state index in [0.29, 0.717) is 15.2 Å². The maximum Gasteiger partial charge on any atom is 0.189 e. The molecule has 2 aromatic carbocycles. The van der Waals surface area contributed by atoms with Gasteiger partial charge in [0.25, 0.3) is 0 Å². The summed E-state index contributed by atoms with van der Waals surface area (Å²) < 4.78 is 0. The van der Waals surface area contributed by atoms with E-state index in [9.17, 15) is 0 Å². The topological polar surface area (TPSA) is 48.1 Å². The zero-order valence-electron chi connectivity index (χ0n) is 12.7. The molecule has 0 saturated heterocycles. The van der Waals surface area contributed by atoms with E-state index in [0.717, 1.165) is 16.9 Å². The van der Waals surface area contributed by atoms with Gasteiger partial charge in [-0.15, -0.1) is 0 Å². The zero-order valence-corrected chi connectivity index (χ0v) is 15.1. The molecular formula is C16H17ClN4S2. The maximum absolute atomic E-state index is 6.08. The van der Waals surface area contributed by atoms with Crippen LogP contribution in [0.4, 0.5) is 11.4 Å². The highest BCUT2D eigenvalue weighted by Gasteiger charge is 2.04. The Morgan fingerprint density at radius 3 is 2.13 bits per heavy atom. The quantitative estimate of drug-likeness (QED) is 0.474. The third-order valence-corrected chi connectivity index (χ3v) is 3.93. The molecule has 0 fully saturated rings. The van der Waals surface area contributed by atoms with Crippen molar-refractivity contribution in [3.8, 4) is 0 Å². The first-order chi connectivity index (χ1) is 11.0. The zero-order chi connectivity index (χ0) is 16.8. The lowest BCUT2D eigenvalue weighted by Crippen LogP contribution is -2.45. The van der Waals surface area contributed by atoms with Crippen molar-refractivity contribution in [2.75, 3.05) is 10.6 Å². The van der Waals surface area contributed by atoms with Crippen molar-refractivity contribution in [3.63, 3.8) is 0 Å². The van der Waals surface area contributed by atoms with Crippen LogP contribution in [0.2, 0.25) is 5.02 Å². The van der Waals surface area contributed by atoms with E-state index in [-0.39, 0.29) is 0 Å². The Kier molecular flexibility index (Phi) is 6.15. The Morgan fingerprint density at radius 2 is 1.48 bits per heavy atom. The molecule has 120 valence electrons. The van der Waals surface area contributed by atoms with Gasteiger partial charge in [-0.3, -0.25) is 10.9 Å². The minimum Gasteiger partial charge on any atom is -0.331 e. The normalized spacial score (nSPS) is 9.87. The van der Waals surface area contributed by atoms with Gasteiger partial charge in [0.05, 0.1) is 0 Å². The summed E-state index contributed by atoms with van der Waals surface area (Å²) in [6, 6.07) is 13.5. The number of aryl methyl sites for hydroxylation is 1. The van der Waals surface area contributed by atoms with Crippen molar-refractivity contribution < 1.29 is 0 Å². The van der Waals surface area contributed by atoms with Gasteiger partial charge in [-0.1, -0.05) is 35.4 Å². The number of anilines is 2. The van der Waals surface area contributed by atoms with Crippen molar-refractivity contribution in [2.45, 2.75) is 13.8 Å². The Labute approximate surface area is 151 Å². The fourth-order valence-electron chi connectivity index (χ4n) is 1.81. The number of thiocarbonyl (C=S) groups is 2. The smallest absolute Gasteiger partial charge is 0.189 e. The Bertz CT molecular complexity index is 717. The van der Waals surface area contributed by atoms with Crippen molar-refractivity contribution in [1.29, 1.82) is 0 Å². The third-order valence-electron chi connectivity index (χ3n) is 3.11. The Balaban J connectivity index is 1.83. The largest absolute Gasteiger partial charge is 0.331 e. The van der Waals surface area contributed by atoms with E-state index < -0.39 is 0 Å². The van der Waals surface area contributed by atoms with Crippen LogP contribution in [0, 0.1) is 13.8 Å². The first-order valence-electron chi connectivity index (χ1n) is 6.91. The van der Waals surface area contributed by atoms with Gasteiger partial charge in [0.2, 0.25) is 0 Å². The highest BCUT2D eigenvalue weighted by atomic mass is 35.5. The molecule has 0 atom stereocenters. The predicted molar refractivity (Wildman–Crippen MR) is 106 cm³/mol. The number of hydrazine groups is 1. The fraction of sp³-hybridized carbons (Fsp3) is 0.125. The number of hydrogen-bond donors (Lipinski definition) is 4. The highest BCUT2D eigenvalue weighted by Crippen LogP contribution is 2.22. The molecule has 0 aliphatic rings. The van der Waals surface area contributed by atoms with Gasteiger partial charge in [-0.25, -0.2) is 0 Å². The third kappa shape index (κ3) is 5.35. The highest BCUT2D eigenvalue weighted by molar-refractivity contribution is 7.81. The first-order valence-corrected chi connectivity index (χ1v) is 8.11. The summed E-state index contributed by atoms with van der Waals surface area (Å²) in [5, 5.41) is 7.61. The average Bonchev–Trinajstić information content (AvgIpc) is 2.52. The molecule has 2 aromatic rings. The standard InChI is InChI=1S/C16H17ClN4S2/c1-10-6-8-12(9-7-10)18-15(22)20-21-16(23)19-14-5-3-4-13(17)11(14)2/h3-9H,1-2H3,(H2,18,20,22)(H2,19,21,23). The minimum atomic E-state index is 0.392. The molecule has 0 amide bonds. The van der Waals surface area contributed by atoms with Crippen molar-refractivity contribution in [3.05, 3.63) is 58.6 Å². The Hall–Kier alpha value is -1.89. The Morgan fingerprint density at radius 1 is 0.870 bits per heavy atom. The van der Waals surface area contributed by atoms with Crippen LogP contribution in [0.3, 0.4) is 0 Å². The lowest BCUT2D eigenvalue weighted by Gasteiger charge is -2.15. The molecule has 4 nitrogen and oxygen atoms in total. The van der Waals surface area contributed by atoms with E-state index in [1.165, 1.54) is 5.56 Å². The molecular weight excluding hydrogens is 348 g/mol. The lowest BCUT2D eigenvalue weighted by molar-refractivity contribution is 0.885. The van der Waals surface area contributed by atoms with E-state index in [1.807, 2.05) is 56.3 Å². The van der Waals surface area contributed by atoms with Gasteiger partial charge in [-0.2, -0.15) is 0 Å². The average molecular weight is 365 g/mol. The van der Waals surface area contributed by atoms with E-state index >= 15 is 0 Å². The maximum atomic E-state index is 6.08. The first kappa shape index (κ1) is 17.5. The van der Waals surface area contributed by atoms with Gasteiger partial charge in [0, 0.05) is 16.4 Å². The number of rotatable bonds is 2. The van der Waals surface area contributed by atoms with Crippen LogP contribution in [-0.2, 0) is 0 Å². The van der Waals surface area contributed by atoms with Crippen LogP contribution in [0.5, 0.6) is 0 Å². The summed E-state index contributed by atoms with van der Waals surface area (Å²) in [4.78, 5) is 0. The fourth-order valence-corrected chi connectivity index (χ4v) is 2.31. The van der Waals surface area contributed by atoms with Crippen LogP contribution in [0.15, 0.2) is 42.5 Å². The van der Waals surface area contributed by atoms with Gasteiger partial charge >= 0.3 is 0 Å². The molecule has 0 heterocycles. The van der Waals surface area contributed by atoms with E-state index in [1.54, 1.807) is 0 Å². The monoisotopic (exact) mass is 364 g/mol. The van der Waals surface area contributed by atoms with Crippen molar-refractivity contribution in [2.24, 2.45) is 0 Å². The number of hydrogen-bond acceptors (Lipinski definition) is 2. The SMILES string of the molecule is Cc1ccc(NC(=S)NNC(=S)Nc2cccc(Cl)c2C)cc1. The summed E-state index contributed by atoms with van der Waals surface area (Å²) in [6.45, 7) is 3.95. The lowest BCUT2D eigenvalue weighted by atomic mass is 10.2. The van der Waals surface area contributed by atoms with Gasteiger partial charge in [0.15, 0.2) is 10.2 Å². The molecule has 23 heavy (non-hydrogen) atoms. The predicted octanol–water partition coefficient (Wildman–Crippen LogP) is 4.14. The molecule has 7 heteroatoms. The van der Waals surface area contributed by atoms with Gasteiger partial charge in [0.1, 0.15) is 0 Å². The van der Waals surface area contributed by atoms with Crippen LogP contribution in [0.25, 0.3) is 0 Å². The summed E-state index contributed by atoms with van der Waals surface area (Å²) in [7, 11) is 0. The molecule has 0 spiro atoms.